The molecule has 27 heavy (non-hydrogen) atoms. The number of amides is 2. The first kappa shape index (κ1) is 19.3. The van der Waals surface area contributed by atoms with Gasteiger partial charge in [0.15, 0.2) is 0 Å². The average molecular weight is 408 g/mol. The van der Waals surface area contributed by atoms with Crippen molar-refractivity contribution in [1.29, 1.82) is 0 Å². The number of carbonyl (C=O) groups excluding carboxylic acids is 2. The molecule has 2 amide bonds. The zero-order valence-electron chi connectivity index (χ0n) is 14.3. The number of rotatable bonds is 5. The molecule has 0 atom stereocenters. The second-order valence-electron chi connectivity index (χ2n) is 6.15. The van der Waals surface area contributed by atoms with E-state index >= 15 is 0 Å². The van der Waals surface area contributed by atoms with Crippen LogP contribution >= 0.6 is 11.6 Å². The fourth-order valence-electron chi connectivity index (χ4n) is 2.83. The number of nitrogens with zero attached hydrogens (tertiary/aromatic N) is 1. The fourth-order valence-corrected chi connectivity index (χ4v) is 4.58. The maximum Gasteiger partial charge on any atom is 0.257 e. The van der Waals surface area contributed by atoms with Gasteiger partial charge in [-0.25, -0.2) is 8.42 Å². The van der Waals surface area contributed by atoms with Gasteiger partial charge >= 0.3 is 0 Å². The Bertz CT molecular complexity index is 984. The Hall–Kier alpha value is -2.42. The van der Waals surface area contributed by atoms with Crippen LogP contribution in [0.1, 0.15) is 33.6 Å². The van der Waals surface area contributed by atoms with E-state index in [0.717, 1.165) is 12.8 Å². The third-order valence-corrected chi connectivity index (χ3v) is 6.54. The van der Waals surface area contributed by atoms with Gasteiger partial charge in [0.05, 0.1) is 15.5 Å². The van der Waals surface area contributed by atoms with Crippen LogP contribution in [0.5, 0.6) is 0 Å². The van der Waals surface area contributed by atoms with Gasteiger partial charge in [-0.05, 0) is 55.3 Å². The van der Waals surface area contributed by atoms with E-state index in [1.165, 1.54) is 46.8 Å². The minimum atomic E-state index is -3.66. The monoisotopic (exact) mass is 407 g/mol. The van der Waals surface area contributed by atoms with Gasteiger partial charge in [0.25, 0.3) is 5.91 Å². The molecular formula is C18H18ClN3O4S. The van der Waals surface area contributed by atoms with Crippen molar-refractivity contribution in [1.82, 2.24) is 4.31 Å². The number of sulfonamides is 1. The molecule has 0 unspecified atom stereocenters. The Morgan fingerprint density at radius 1 is 1.04 bits per heavy atom. The summed E-state index contributed by atoms with van der Waals surface area (Å²) in [5.41, 5.74) is 5.97. The molecule has 1 saturated heterocycles. The third-order valence-electron chi connectivity index (χ3n) is 4.31. The molecule has 9 heteroatoms. The molecule has 1 heterocycles. The molecule has 2 aromatic rings. The molecule has 3 rings (SSSR count). The van der Waals surface area contributed by atoms with Crippen LogP contribution in [0.15, 0.2) is 47.4 Å². The highest BCUT2D eigenvalue weighted by atomic mass is 35.5. The zero-order valence-corrected chi connectivity index (χ0v) is 15.9. The van der Waals surface area contributed by atoms with E-state index in [9.17, 15) is 18.0 Å². The highest BCUT2D eigenvalue weighted by molar-refractivity contribution is 7.89. The first-order chi connectivity index (χ1) is 12.8. The molecule has 0 aromatic heterocycles. The molecular weight excluding hydrogens is 390 g/mol. The van der Waals surface area contributed by atoms with Gasteiger partial charge in [0.1, 0.15) is 0 Å². The predicted molar refractivity (Wildman–Crippen MR) is 102 cm³/mol. The lowest BCUT2D eigenvalue weighted by Gasteiger charge is -2.16. The quantitative estimate of drug-likeness (QED) is 0.793. The number of nitrogens with one attached hydrogen (secondary N) is 1. The van der Waals surface area contributed by atoms with E-state index < -0.39 is 21.8 Å². The molecule has 2 aromatic carbocycles. The van der Waals surface area contributed by atoms with Gasteiger partial charge < -0.3 is 11.1 Å². The minimum Gasteiger partial charge on any atom is -0.366 e. The van der Waals surface area contributed by atoms with Gasteiger partial charge in [-0.1, -0.05) is 11.6 Å². The highest BCUT2D eigenvalue weighted by Gasteiger charge is 2.28. The largest absolute Gasteiger partial charge is 0.366 e. The number of benzene rings is 2. The minimum absolute atomic E-state index is 0.0306. The molecule has 3 N–H and O–H groups in total. The summed E-state index contributed by atoms with van der Waals surface area (Å²) < 4.78 is 26.8. The molecule has 1 aliphatic rings. The maximum absolute atomic E-state index is 12.7. The molecule has 1 fully saturated rings. The molecule has 0 radical (unpaired) electrons. The zero-order chi connectivity index (χ0) is 19.6. The number of nitrogens with two attached hydrogens (primary N) is 1. The fraction of sp³-hybridized carbons (Fsp3) is 0.222. The van der Waals surface area contributed by atoms with Crippen LogP contribution in [-0.4, -0.2) is 37.6 Å². The summed E-state index contributed by atoms with van der Waals surface area (Å²) in [4.78, 5) is 23.7. The topological polar surface area (TPSA) is 110 Å². The van der Waals surface area contributed by atoms with Crippen LogP contribution in [0, 0.1) is 0 Å². The average Bonchev–Trinajstić information content (AvgIpc) is 3.18. The van der Waals surface area contributed by atoms with E-state index in [2.05, 4.69) is 5.32 Å². The van der Waals surface area contributed by atoms with Crippen molar-refractivity contribution < 1.29 is 18.0 Å². The van der Waals surface area contributed by atoms with Crippen LogP contribution in [0.2, 0.25) is 5.02 Å². The first-order valence-electron chi connectivity index (χ1n) is 8.30. The lowest BCUT2D eigenvalue weighted by Crippen LogP contribution is -2.28. The number of carbonyl (C=O) groups is 2. The molecule has 0 bridgehead atoms. The molecule has 0 saturated carbocycles. The van der Waals surface area contributed by atoms with Gasteiger partial charge in [-0.2, -0.15) is 4.31 Å². The summed E-state index contributed by atoms with van der Waals surface area (Å²) in [5, 5.41) is 2.77. The van der Waals surface area contributed by atoms with E-state index in [1.54, 1.807) is 0 Å². The molecule has 0 spiro atoms. The van der Waals surface area contributed by atoms with Crippen molar-refractivity contribution in [2.45, 2.75) is 17.7 Å². The second-order valence-corrected chi connectivity index (χ2v) is 8.49. The standard InChI is InChI=1S/C18H18ClN3O4S/c19-16-8-7-14(27(25,26)22-9-1-2-10-22)11-15(16)18(24)21-13-5-3-12(4-6-13)17(20)23/h3-8,11H,1-2,9-10H2,(H2,20,23)(H,21,24). The summed E-state index contributed by atoms with van der Waals surface area (Å²) in [6, 6.07) is 10.1. The Kier molecular flexibility index (Phi) is 5.50. The third kappa shape index (κ3) is 4.13. The molecule has 7 nitrogen and oxygen atoms in total. The summed E-state index contributed by atoms with van der Waals surface area (Å²) in [6.07, 6.45) is 1.64. The summed E-state index contributed by atoms with van der Waals surface area (Å²) in [7, 11) is -3.66. The van der Waals surface area contributed by atoms with Crippen molar-refractivity contribution in [2.75, 3.05) is 18.4 Å². The lowest BCUT2D eigenvalue weighted by molar-refractivity contribution is 0.0998. The number of halogens is 1. The first-order valence-corrected chi connectivity index (χ1v) is 10.1. The molecule has 142 valence electrons. The van der Waals surface area contributed by atoms with Crippen molar-refractivity contribution >= 4 is 39.1 Å². The second kappa shape index (κ2) is 7.67. The van der Waals surface area contributed by atoms with E-state index in [-0.39, 0.29) is 15.5 Å². The number of anilines is 1. The Labute approximate surface area is 162 Å². The number of hydrogen-bond acceptors (Lipinski definition) is 4. The summed E-state index contributed by atoms with van der Waals surface area (Å²) >= 11 is 6.10. The number of hydrogen-bond donors (Lipinski definition) is 2. The molecule has 1 aliphatic heterocycles. The Balaban J connectivity index is 1.85. The van der Waals surface area contributed by atoms with Gasteiger partial charge in [0, 0.05) is 24.3 Å². The van der Waals surface area contributed by atoms with Crippen LogP contribution in [0.3, 0.4) is 0 Å². The smallest absolute Gasteiger partial charge is 0.257 e. The maximum atomic E-state index is 12.7. The van der Waals surface area contributed by atoms with E-state index in [1.807, 2.05) is 0 Å². The van der Waals surface area contributed by atoms with E-state index in [0.29, 0.717) is 24.3 Å². The summed E-state index contributed by atoms with van der Waals surface area (Å²) in [6.45, 7) is 0.942. The van der Waals surface area contributed by atoms with Crippen LogP contribution in [0.4, 0.5) is 5.69 Å². The van der Waals surface area contributed by atoms with Crippen LogP contribution in [0.25, 0.3) is 0 Å². The lowest BCUT2D eigenvalue weighted by atomic mass is 10.1. The van der Waals surface area contributed by atoms with Gasteiger partial charge in [0.2, 0.25) is 15.9 Å². The van der Waals surface area contributed by atoms with E-state index in [4.69, 9.17) is 17.3 Å². The Morgan fingerprint density at radius 2 is 1.67 bits per heavy atom. The predicted octanol–water partition coefficient (Wildman–Crippen LogP) is 2.48. The van der Waals surface area contributed by atoms with Gasteiger partial charge in [-0.15, -0.1) is 0 Å². The van der Waals surface area contributed by atoms with Crippen molar-refractivity contribution in [3.63, 3.8) is 0 Å². The molecule has 0 aliphatic carbocycles. The van der Waals surface area contributed by atoms with Gasteiger partial charge in [-0.3, -0.25) is 9.59 Å². The van der Waals surface area contributed by atoms with Crippen LogP contribution in [-0.2, 0) is 10.0 Å². The highest BCUT2D eigenvalue weighted by Crippen LogP contribution is 2.26. The number of primary amides is 1. The summed E-state index contributed by atoms with van der Waals surface area (Å²) in [5.74, 6) is -1.12. The van der Waals surface area contributed by atoms with Crippen molar-refractivity contribution in [2.24, 2.45) is 5.73 Å². The van der Waals surface area contributed by atoms with Crippen LogP contribution < -0.4 is 11.1 Å². The normalized spacial score (nSPS) is 14.9. The Morgan fingerprint density at radius 3 is 2.26 bits per heavy atom. The SMILES string of the molecule is NC(=O)c1ccc(NC(=O)c2cc(S(=O)(=O)N3CCCC3)ccc2Cl)cc1. The van der Waals surface area contributed by atoms with Crippen molar-refractivity contribution in [3.05, 3.63) is 58.6 Å². The van der Waals surface area contributed by atoms with Crippen molar-refractivity contribution in [3.8, 4) is 0 Å².